The third-order valence-electron chi connectivity index (χ3n) is 3.60. The van der Waals surface area contributed by atoms with Crippen LogP contribution in [0.4, 0.5) is 5.69 Å². The average molecular weight is 256 g/mol. The summed E-state index contributed by atoms with van der Waals surface area (Å²) in [6, 6.07) is 10.6. The second kappa shape index (κ2) is 5.49. The van der Waals surface area contributed by atoms with E-state index in [-0.39, 0.29) is 0 Å². The molecule has 1 aromatic heterocycles. The van der Waals surface area contributed by atoms with Crippen LogP contribution in [0.3, 0.4) is 0 Å². The van der Waals surface area contributed by atoms with Crippen LogP contribution < -0.4 is 10.6 Å². The molecule has 0 unspecified atom stereocenters. The first kappa shape index (κ1) is 12.3. The summed E-state index contributed by atoms with van der Waals surface area (Å²) >= 11 is 0. The topological polar surface area (TPSA) is 37.2 Å². The Morgan fingerprint density at radius 2 is 2.16 bits per heavy atom. The Bertz CT molecular complexity index is 560. The van der Waals surface area contributed by atoms with E-state index in [0.29, 0.717) is 0 Å². The van der Waals surface area contributed by atoms with Gasteiger partial charge in [0.15, 0.2) is 0 Å². The van der Waals surface area contributed by atoms with Gasteiger partial charge in [0.05, 0.1) is 6.54 Å². The summed E-state index contributed by atoms with van der Waals surface area (Å²) in [4.78, 5) is 0. The summed E-state index contributed by atoms with van der Waals surface area (Å²) in [5.74, 6) is 1.97. The molecule has 3 rings (SSSR count). The van der Waals surface area contributed by atoms with E-state index in [1.165, 1.54) is 29.7 Å². The number of furan rings is 1. The summed E-state index contributed by atoms with van der Waals surface area (Å²) in [7, 11) is 0. The number of anilines is 1. The number of hydrogen-bond donors (Lipinski definition) is 2. The molecule has 0 saturated heterocycles. The predicted molar refractivity (Wildman–Crippen MR) is 77.2 cm³/mol. The standard InChI is InChI=1S/C16H20N2O/c1-12-7-8-14(19-12)11-17-10-13-4-2-6-16-15(13)5-3-9-18-16/h2,4,6-8,17-18H,3,5,9-11H2,1H3. The highest BCUT2D eigenvalue weighted by Gasteiger charge is 2.11. The highest BCUT2D eigenvalue weighted by Crippen LogP contribution is 2.25. The molecule has 2 heterocycles. The van der Waals surface area contributed by atoms with Crippen molar-refractivity contribution < 1.29 is 4.42 Å². The predicted octanol–water partition coefficient (Wildman–Crippen LogP) is 3.24. The van der Waals surface area contributed by atoms with Crippen molar-refractivity contribution in [2.24, 2.45) is 0 Å². The van der Waals surface area contributed by atoms with E-state index in [0.717, 1.165) is 31.2 Å². The van der Waals surface area contributed by atoms with E-state index < -0.39 is 0 Å². The monoisotopic (exact) mass is 256 g/mol. The normalized spacial score (nSPS) is 13.9. The van der Waals surface area contributed by atoms with Crippen molar-refractivity contribution in [1.82, 2.24) is 5.32 Å². The molecule has 1 aliphatic rings. The van der Waals surface area contributed by atoms with Crippen LogP contribution in [0.5, 0.6) is 0 Å². The molecule has 3 nitrogen and oxygen atoms in total. The molecule has 3 heteroatoms. The minimum absolute atomic E-state index is 0.783. The van der Waals surface area contributed by atoms with Gasteiger partial charge in [-0.05, 0) is 49.1 Å². The fourth-order valence-electron chi connectivity index (χ4n) is 2.65. The Hall–Kier alpha value is -1.74. The van der Waals surface area contributed by atoms with E-state index in [9.17, 15) is 0 Å². The fourth-order valence-corrected chi connectivity index (χ4v) is 2.65. The Labute approximate surface area is 114 Å². The van der Waals surface area contributed by atoms with Gasteiger partial charge in [0.1, 0.15) is 11.5 Å². The van der Waals surface area contributed by atoms with E-state index in [4.69, 9.17) is 4.42 Å². The van der Waals surface area contributed by atoms with Crippen LogP contribution in [0.25, 0.3) is 0 Å². The molecule has 2 aromatic rings. The number of rotatable bonds is 4. The molecule has 1 aromatic carbocycles. The molecule has 0 radical (unpaired) electrons. The quantitative estimate of drug-likeness (QED) is 0.882. The van der Waals surface area contributed by atoms with Gasteiger partial charge in [0.2, 0.25) is 0 Å². The lowest BCUT2D eigenvalue weighted by Crippen LogP contribution is -2.17. The van der Waals surface area contributed by atoms with Crippen LogP contribution in [0.1, 0.15) is 29.1 Å². The number of benzene rings is 1. The lowest BCUT2D eigenvalue weighted by Gasteiger charge is -2.21. The molecule has 0 fully saturated rings. The minimum Gasteiger partial charge on any atom is -0.465 e. The van der Waals surface area contributed by atoms with Gasteiger partial charge in [-0.3, -0.25) is 0 Å². The Morgan fingerprint density at radius 1 is 1.21 bits per heavy atom. The van der Waals surface area contributed by atoms with Crippen molar-refractivity contribution in [3.05, 3.63) is 53.0 Å². The van der Waals surface area contributed by atoms with Gasteiger partial charge < -0.3 is 15.1 Å². The average Bonchev–Trinajstić information content (AvgIpc) is 2.85. The van der Waals surface area contributed by atoms with Gasteiger partial charge in [-0.2, -0.15) is 0 Å². The Morgan fingerprint density at radius 3 is 3.00 bits per heavy atom. The first-order valence-electron chi connectivity index (χ1n) is 6.93. The third-order valence-corrected chi connectivity index (χ3v) is 3.60. The molecule has 0 amide bonds. The highest BCUT2D eigenvalue weighted by atomic mass is 16.3. The van der Waals surface area contributed by atoms with Crippen LogP contribution in [-0.2, 0) is 19.5 Å². The molecule has 0 atom stereocenters. The molecule has 0 saturated carbocycles. The van der Waals surface area contributed by atoms with Crippen molar-refractivity contribution in [3.63, 3.8) is 0 Å². The third kappa shape index (κ3) is 2.82. The van der Waals surface area contributed by atoms with Gasteiger partial charge in [-0.25, -0.2) is 0 Å². The molecule has 1 aliphatic heterocycles. The van der Waals surface area contributed by atoms with Gasteiger partial charge in [0, 0.05) is 18.8 Å². The summed E-state index contributed by atoms with van der Waals surface area (Å²) in [6.07, 6.45) is 2.40. The van der Waals surface area contributed by atoms with Crippen molar-refractivity contribution in [2.45, 2.75) is 32.9 Å². The summed E-state index contributed by atoms with van der Waals surface area (Å²) in [5.41, 5.74) is 4.17. The summed E-state index contributed by atoms with van der Waals surface area (Å²) in [5, 5.41) is 6.93. The molecule has 2 N–H and O–H groups in total. The number of fused-ring (bicyclic) bond motifs is 1. The lowest BCUT2D eigenvalue weighted by atomic mass is 9.97. The van der Waals surface area contributed by atoms with Crippen molar-refractivity contribution in [3.8, 4) is 0 Å². The Balaban J connectivity index is 1.64. The number of aryl methyl sites for hydroxylation is 1. The number of hydrogen-bond acceptors (Lipinski definition) is 3. The van der Waals surface area contributed by atoms with E-state index in [1.807, 2.05) is 19.1 Å². The molecule has 19 heavy (non-hydrogen) atoms. The van der Waals surface area contributed by atoms with Crippen LogP contribution in [0, 0.1) is 6.92 Å². The van der Waals surface area contributed by atoms with Gasteiger partial charge >= 0.3 is 0 Å². The molecular formula is C16H20N2O. The maximum atomic E-state index is 5.56. The van der Waals surface area contributed by atoms with Crippen LogP contribution in [-0.4, -0.2) is 6.54 Å². The zero-order chi connectivity index (χ0) is 13.1. The lowest BCUT2D eigenvalue weighted by molar-refractivity contribution is 0.461. The second-order valence-electron chi connectivity index (χ2n) is 5.09. The zero-order valence-electron chi connectivity index (χ0n) is 11.3. The smallest absolute Gasteiger partial charge is 0.117 e. The van der Waals surface area contributed by atoms with Gasteiger partial charge in [-0.1, -0.05) is 12.1 Å². The van der Waals surface area contributed by atoms with Gasteiger partial charge in [0.25, 0.3) is 0 Å². The van der Waals surface area contributed by atoms with Crippen LogP contribution in [0.15, 0.2) is 34.7 Å². The van der Waals surface area contributed by atoms with Crippen molar-refractivity contribution in [1.29, 1.82) is 0 Å². The fraction of sp³-hybridized carbons (Fsp3) is 0.375. The molecule has 100 valence electrons. The summed E-state index contributed by atoms with van der Waals surface area (Å²) in [6.45, 7) is 4.74. The maximum absolute atomic E-state index is 5.56. The summed E-state index contributed by atoms with van der Waals surface area (Å²) < 4.78 is 5.56. The minimum atomic E-state index is 0.783. The molecule has 0 spiro atoms. The highest BCUT2D eigenvalue weighted by molar-refractivity contribution is 5.56. The van der Waals surface area contributed by atoms with Gasteiger partial charge in [-0.15, -0.1) is 0 Å². The largest absolute Gasteiger partial charge is 0.465 e. The first-order chi connectivity index (χ1) is 9.33. The maximum Gasteiger partial charge on any atom is 0.117 e. The van der Waals surface area contributed by atoms with E-state index in [2.05, 4.69) is 28.8 Å². The SMILES string of the molecule is Cc1ccc(CNCc2cccc3c2CCCN3)o1. The van der Waals surface area contributed by atoms with Crippen LogP contribution >= 0.6 is 0 Å². The van der Waals surface area contributed by atoms with E-state index >= 15 is 0 Å². The zero-order valence-corrected chi connectivity index (χ0v) is 11.3. The van der Waals surface area contributed by atoms with Crippen molar-refractivity contribution in [2.75, 3.05) is 11.9 Å². The first-order valence-corrected chi connectivity index (χ1v) is 6.93. The number of nitrogens with one attached hydrogen (secondary N) is 2. The molecular weight excluding hydrogens is 236 g/mol. The van der Waals surface area contributed by atoms with Crippen molar-refractivity contribution >= 4 is 5.69 Å². The van der Waals surface area contributed by atoms with Crippen LogP contribution in [0.2, 0.25) is 0 Å². The molecule has 0 aliphatic carbocycles. The molecule has 0 bridgehead atoms. The van der Waals surface area contributed by atoms with E-state index in [1.54, 1.807) is 0 Å². The second-order valence-corrected chi connectivity index (χ2v) is 5.09. The Kier molecular flexibility index (Phi) is 3.56.